The highest BCUT2D eigenvalue weighted by Gasteiger charge is 2.11. The fourth-order valence-corrected chi connectivity index (χ4v) is 2.53. The molecule has 0 aromatic carbocycles. The maximum Gasteiger partial charge on any atom is 0.191 e. The number of nitrogens with zero attached hydrogens (tertiary/aromatic N) is 2. The first-order valence-electron chi connectivity index (χ1n) is 5.51. The molecule has 0 bridgehead atoms. The van der Waals surface area contributed by atoms with Crippen LogP contribution in [-0.4, -0.2) is 42.0 Å². The quantitative estimate of drug-likeness (QED) is 0.636. The lowest BCUT2D eigenvalue weighted by molar-refractivity contribution is 0.454. The molecule has 2 N–H and O–H groups in total. The van der Waals surface area contributed by atoms with E-state index in [1.807, 2.05) is 23.9 Å². The van der Waals surface area contributed by atoms with Crippen LogP contribution in [0.3, 0.4) is 0 Å². The maximum absolute atomic E-state index is 5.92. The second-order valence-corrected chi connectivity index (χ2v) is 4.89. The van der Waals surface area contributed by atoms with Gasteiger partial charge in [0.25, 0.3) is 0 Å². The van der Waals surface area contributed by atoms with Gasteiger partial charge in [0.05, 0.1) is 6.26 Å². The molecule has 1 saturated heterocycles. The molecular weight excluding hydrogens is 222 g/mol. The minimum atomic E-state index is 0.673. The standard InChI is InChI=1S/C11H17N3OS/c12-11(14-5-8-16-9-6-14)13-4-3-10-2-1-7-15-10/h1-2,7H,3-6,8-9H2,(H2,12,13). The average Bonchev–Trinajstić information content (AvgIpc) is 2.83. The van der Waals surface area contributed by atoms with Crippen LogP contribution in [0.1, 0.15) is 5.76 Å². The number of thioether (sulfide) groups is 1. The molecule has 1 fully saturated rings. The van der Waals surface area contributed by atoms with Crippen molar-refractivity contribution in [3.05, 3.63) is 24.2 Å². The highest BCUT2D eigenvalue weighted by atomic mass is 32.2. The zero-order chi connectivity index (χ0) is 11.2. The van der Waals surface area contributed by atoms with Crippen molar-refractivity contribution in [2.45, 2.75) is 6.42 Å². The van der Waals surface area contributed by atoms with E-state index < -0.39 is 0 Å². The second-order valence-electron chi connectivity index (χ2n) is 3.67. The van der Waals surface area contributed by atoms with Crippen molar-refractivity contribution in [1.29, 1.82) is 0 Å². The summed E-state index contributed by atoms with van der Waals surface area (Å²) in [5.41, 5.74) is 5.92. The summed E-state index contributed by atoms with van der Waals surface area (Å²) in [5, 5.41) is 0. The SMILES string of the molecule is NC(=NCCc1ccco1)N1CCSCC1. The van der Waals surface area contributed by atoms with Crippen molar-refractivity contribution < 1.29 is 4.42 Å². The number of rotatable bonds is 3. The van der Waals surface area contributed by atoms with Crippen LogP contribution in [-0.2, 0) is 6.42 Å². The van der Waals surface area contributed by atoms with E-state index in [9.17, 15) is 0 Å². The third-order valence-corrected chi connectivity index (χ3v) is 3.49. The Labute approximate surface area is 99.9 Å². The second kappa shape index (κ2) is 5.84. The molecule has 0 spiro atoms. The number of hydrogen-bond acceptors (Lipinski definition) is 3. The summed E-state index contributed by atoms with van der Waals surface area (Å²) < 4.78 is 5.23. The molecule has 5 heteroatoms. The van der Waals surface area contributed by atoms with Gasteiger partial charge in [-0.1, -0.05) is 0 Å². The number of nitrogens with two attached hydrogens (primary N) is 1. The zero-order valence-electron chi connectivity index (χ0n) is 9.26. The highest BCUT2D eigenvalue weighted by Crippen LogP contribution is 2.08. The molecule has 2 heterocycles. The number of furan rings is 1. The van der Waals surface area contributed by atoms with Crippen molar-refractivity contribution in [2.75, 3.05) is 31.1 Å². The normalized spacial score (nSPS) is 17.8. The van der Waals surface area contributed by atoms with E-state index in [-0.39, 0.29) is 0 Å². The molecule has 1 aliphatic heterocycles. The molecule has 1 aromatic heterocycles. The Morgan fingerprint density at radius 1 is 1.50 bits per heavy atom. The first kappa shape index (κ1) is 11.4. The van der Waals surface area contributed by atoms with Gasteiger partial charge in [-0.05, 0) is 12.1 Å². The van der Waals surface area contributed by atoms with Gasteiger partial charge in [0.15, 0.2) is 5.96 Å². The predicted octanol–water partition coefficient (Wildman–Crippen LogP) is 1.19. The minimum absolute atomic E-state index is 0.673. The molecule has 88 valence electrons. The number of aliphatic imine (C=N–C) groups is 1. The van der Waals surface area contributed by atoms with E-state index in [0.717, 1.165) is 36.8 Å². The summed E-state index contributed by atoms with van der Waals surface area (Å²) in [6.45, 7) is 2.73. The Morgan fingerprint density at radius 2 is 2.31 bits per heavy atom. The van der Waals surface area contributed by atoms with E-state index in [0.29, 0.717) is 12.5 Å². The van der Waals surface area contributed by atoms with Crippen LogP contribution in [0.5, 0.6) is 0 Å². The summed E-state index contributed by atoms with van der Waals surface area (Å²) >= 11 is 1.97. The molecule has 0 amide bonds. The molecule has 0 atom stereocenters. The smallest absolute Gasteiger partial charge is 0.191 e. The predicted molar refractivity (Wildman–Crippen MR) is 67.8 cm³/mol. The maximum atomic E-state index is 5.92. The van der Waals surface area contributed by atoms with Crippen LogP contribution < -0.4 is 5.73 Å². The van der Waals surface area contributed by atoms with Crippen molar-refractivity contribution in [3.63, 3.8) is 0 Å². The molecular formula is C11H17N3OS. The van der Waals surface area contributed by atoms with Crippen LogP contribution in [0.15, 0.2) is 27.8 Å². The number of guanidine groups is 1. The van der Waals surface area contributed by atoms with E-state index in [1.54, 1.807) is 6.26 Å². The van der Waals surface area contributed by atoms with E-state index in [4.69, 9.17) is 10.2 Å². The van der Waals surface area contributed by atoms with Gasteiger partial charge in [-0.15, -0.1) is 0 Å². The van der Waals surface area contributed by atoms with Crippen molar-refractivity contribution in [2.24, 2.45) is 10.7 Å². The molecule has 2 rings (SSSR count). The van der Waals surface area contributed by atoms with Crippen molar-refractivity contribution in [3.8, 4) is 0 Å². The average molecular weight is 239 g/mol. The first-order valence-corrected chi connectivity index (χ1v) is 6.67. The summed E-state index contributed by atoms with van der Waals surface area (Å²) in [6, 6.07) is 3.85. The van der Waals surface area contributed by atoms with Crippen LogP contribution in [0.25, 0.3) is 0 Å². The van der Waals surface area contributed by atoms with Gasteiger partial charge in [0, 0.05) is 37.6 Å². The Hall–Kier alpha value is -1.10. The summed E-state index contributed by atoms with van der Waals surface area (Å²) in [5.74, 6) is 3.93. The van der Waals surface area contributed by atoms with Gasteiger partial charge in [-0.3, -0.25) is 4.99 Å². The Kier molecular flexibility index (Phi) is 4.16. The van der Waals surface area contributed by atoms with E-state index >= 15 is 0 Å². The van der Waals surface area contributed by atoms with Gasteiger partial charge in [-0.25, -0.2) is 0 Å². The highest BCUT2D eigenvalue weighted by molar-refractivity contribution is 7.99. The lowest BCUT2D eigenvalue weighted by Crippen LogP contribution is -2.42. The minimum Gasteiger partial charge on any atom is -0.469 e. The van der Waals surface area contributed by atoms with E-state index in [1.165, 1.54) is 0 Å². The Balaban J connectivity index is 1.77. The third kappa shape index (κ3) is 3.20. The van der Waals surface area contributed by atoms with Crippen LogP contribution >= 0.6 is 11.8 Å². The lowest BCUT2D eigenvalue weighted by atomic mass is 10.3. The van der Waals surface area contributed by atoms with Crippen LogP contribution in [0.2, 0.25) is 0 Å². The van der Waals surface area contributed by atoms with Gasteiger partial charge in [-0.2, -0.15) is 11.8 Å². The molecule has 16 heavy (non-hydrogen) atoms. The largest absolute Gasteiger partial charge is 0.469 e. The fraction of sp³-hybridized carbons (Fsp3) is 0.545. The van der Waals surface area contributed by atoms with Crippen LogP contribution in [0, 0.1) is 0 Å². The fourth-order valence-electron chi connectivity index (χ4n) is 1.63. The Bertz CT molecular complexity index is 331. The Morgan fingerprint density at radius 3 is 3.00 bits per heavy atom. The zero-order valence-corrected chi connectivity index (χ0v) is 10.1. The summed E-state index contributed by atoms with van der Waals surface area (Å²) in [6.07, 6.45) is 2.50. The van der Waals surface area contributed by atoms with Gasteiger partial charge < -0.3 is 15.1 Å². The molecule has 0 radical (unpaired) electrons. The van der Waals surface area contributed by atoms with Gasteiger partial charge in [0.2, 0.25) is 0 Å². The molecule has 0 saturated carbocycles. The van der Waals surface area contributed by atoms with Gasteiger partial charge in [0.1, 0.15) is 5.76 Å². The van der Waals surface area contributed by atoms with E-state index in [2.05, 4.69) is 9.89 Å². The molecule has 1 aromatic rings. The van der Waals surface area contributed by atoms with Crippen molar-refractivity contribution in [1.82, 2.24) is 4.90 Å². The first-order chi connectivity index (χ1) is 7.86. The topological polar surface area (TPSA) is 54.8 Å². The van der Waals surface area contributed by atoms with Gasteiger partial charge >= 0.3 is 0 Å². The monoisotopic (exact) mass is 239 g/mol. The summed E-state index contributed by atoms with van der Waals surface area (Å²) in [4.78, 5) is 6.53. The van der Waals surface area contributed by atoms with Crippen LogP contribution in [0.4, 0.5) is 0 Å². The lowest BCUT2D eigenvalue weighted by Gasteiger charge is -2.27. The molecule has 4 nitrogen and oxygen atoms in total. The molecule has 0 aliphatic carbocycles. The third-order valence-electron chi connectivity index (χ3n) is 2.55. The number of hydrogen-bond donors (Lipinski definition) is 1. The van der Waals surface area contributed by atoms with Crippen molar-refractivity contribution >= 4 is 17.7 Å². The molecule has 1 aliphatic rings. The summed E-state index contributed by atoms with van der Waals surface area (Å²) in [7, 11) is 0. The molecule has 0 unspecified atom stereocenters.